The second kappa shape index (κ2) is 16.2. The van der Waals surface area contributed by atoms with Gasteiger partial charge in [-0.05, 0) is 44.7 Å². The molecule has 2 amide bonds. The van der Waals surface area contributed by atoms with Crippen LogP contribution in [0.5, 0.6) is 0 Å². The summed E-state index contributed by atoms with van der Waals surface area (Å²) >= 11 is 0. The maximum Gasteiger partial charge on any atom is 0.407 e. The molecule has 0 aliphatic rings. The molecule has 0 saturated carbocycles. The van der Waals surface area contributed by atoms with E-state index in [1.165, 1.54) is 7.11 Å². The van der Waals surface area contributed by atoms with E-state index >= 15 is 0 Å². The Hall–Kier alpha value is -3.47. The van der Waals surface area contributed by atoms with E-state index < -0.39 is 47.3 Å². The summed E-state index contributed by atoms with van der Waals surface area (Å²) in [5.74, 6) is -0.436. The minimum Gasteiger partial charge on any atom is -0.444 e. The monoisotopic (exact) mass is 584 g/mol. The van der Waals surface area contributed by atoms with Gasteiger partial charge in [-0.1, -0.05) is 86.6 Å². The molecule has 0 aliphatic heterocycles. The van der Waals surface area contributed by atoms with Gasteiger partial charge in [0.1, 0.15) is 18.4 Å². The van der Waals surface area contributed by atoms with Crippen LogP contribution in [0.1, 0.15) is 52.7 Å². The van der Waals surface area contributed by atoms with E-state index in [9.17, 15) is 19.8 Å². The summed E-state index contributed by atoms with van der Waals surface area (Å²) in [5.41, 5.74) is 0.812. The highest BCUT2D eigenvalue weighted by atomic mass is 16.6. The summed E-state index contributed by atoms with van der Waals surface area (Å²) in [6.45, 7) is 11.0. The molecule has 42 heavy (non-hydrogen) atoms. The third-order valence-electron chi connectivity index (χ3n) is 6.36. The Morgan fingerprint density at radius 3 is 1.64 bits per heavy atom. The quantitative estimate of drug-likeness (QED) is 0.170. The molecular formula is C32H48N4O6. The zero-order valence-corrected chi connectivity index (χ0v) is 25.9. The molecule has 0 bridgehead atoms. The van der Waals surface area contributed by atoms with Gasteiger partial charge in [-0.15, -0.1) is 0 Å². The lowest BCUT2D eigenvalue weighted by molar-refractivity contribution is -0.116. The standard InChI is InChI=1S/C32H48N4O6/c1-31(2,3)28(36-41-7)29(39)34-24(18-22-14-10-8-11-15-22)26(37)20-33-21-27(38)25(19-23-16-12-9-13-17-23)35-30(40)42-32(4,5)6/h8-17,24-27,33,37-38H,18-21H2,1-7H3,(H,34,39)(H,35,40)/b36-28-/t24-,25-,26+,27+/m0/s1. The molecule has 0 heterocycles. The predicted molar refractivity (Wildman–Crippen MR) is 164 cm³/mol. The Morgan fingerprint density at radius 2 is 1.24 bits per heavy atom. The SMILES string of the molecule is CO/N=C(/C(=O)N[C@@H](Cc1ccccc1)[C@H](O)CNC[C@@H](O)[C@H](Cc1ccccc1)NC(=O)OC(C)(C)C)C(C)(C)C. The number of alkyl carbamates (subject to hydrolysis) is 1. The van der Waals surface area contributed by atoms with E-state index in [1.807, 2.05) is 81.4 Å². The molecule has 0 aliphatic carbocycles. The lowest BCUT2D eigenvalue weighted by Gasteiger charge is -2.29. The van der Waals surface area contributed by atoms with Gasteiger partial charge in [0.15, 0.2) is 0 Å². The second-order valence-electron chi connectivity index (χ2n) is 12.4. The van der Waals surface area contributed by atoms with Crippen LogP contribution in [0.2, 0.25) is 0 Å². The van der Waals surface area contributed by atoms with E-state index in [4.69, 9.17) is 9.57 Å². The largest absolute Gasteiger partial charge is 0.444 e. The number of hydrogen-bond donors (Lipinski definition) is 5. The van der Waals surface area contributed by atoms with Crippen LogP contribution >= 0.6 is 0 Å². The number of benzene rings is 2. The molecule has 0 spiro atoms. The number of amides is 2. The van der Waals surface area contributed by atoms with Crippen molar-refractivity contribution in [3.63, 3.8) is 0 Å². The molecule has 0 unspecified atom stereocenters. The third kappa shape index (κ3) is 12.6. The van der Waals surface area contributed by atoms with Gasteiger partial charge in [0.2, 0.25) is 0 Å². The van der Waals surface area contributed by atoms with Crippen LogP contribution in [0.4, 0.5) is 4.79 Å². The molecule has 0 aromatic heterocycles. The van der Waals surface area contributed by atoms with Gasteiger partial charge in [0, 0.05) is 18.5 Å². The maximum atomic E-state index is 13.2. The number of carbonyl (C=O) groups is 2. The first-order valence-electron chi connectivity index (χ1n) is 14.3. The Kier molecular flexibility index (Phi) is 13.4. The molecule has 0 fully saturated rings. The van der Waals surface area contributed by atoms with Crippen LogP contribution in [0.3, 0.4) is 0 Å². The van der Waals surface area contributed by atoms with Gasteiger partial charge in [-0.2, -0.15) is 0 Å². The molecule has 4 atom stereocenters. The van der Waals surface area contributed by atoms with Gasteiger partial charge >= 0.3 is 6.09 Å². The number of nitrogens with one attached hydrogen (secondary N) is 3. The van der Waals surface area contributed by atoms with E-state index in [0.29, 0.717) is 12.8 Å². The van der Waals surface area contributed by atoms with Crippen molar-refractivity contribution in [1.82, 2.24) is 16.0 Å². The summed E-state index contributed by atoms with van der Waals surface area (Å²) in [7, 11) is 1.38. The van der Waals surface area contributed by atoms with Crippen molar-refractivity contribution in [3.8, 4) is 0 Å². The number of rotatable bonds is 14. The van der Waals surface area contributed by atoms with Gasteiger partial charge < -0.3 is 35.7 Å². The zero-order valence-electron chi connectivity index (χ0n) is 25.9. The minimum atomic E-state index is -1.00. The summed E-state index contributed by atoms with van der Waals surface area (Å²) in [6.07, 6.45) is -1.86. The Morgan fingerprint density at radius 1 is 0.786 bits per heavy atom. The highest BCUT2D eigenvalue weighted by molar-refractivity contribution is 6.40. The molecule has 5 N–H and O–H groups in total. The molecule has 2 aromatic rings. The smallest absolute Gasteiger partial charge is 0.407 e. The van der Waals surface area contributed by atoms with E-state index in [1.54, 1.807) is 20.8 Å². The van der Waals surface area contributed by atoms with Gasteiger partial charge in [0.25, 0.3) is 5.91 Å². The first-order chi connectivity index (χ1) is 19.7. The number of oxime groups is 1. The van der Waals surface area contributed by atoms with Crippen LogP contribution in [0, 0.1) is 5.41 Å². The Labute approximate surface area is 249 Å². The average Bonchev–Trinajstić information content (AvgIpc) is 2.90. The molecular weight excluding hydrogens is 536 g/mol. The van der Waals surface area contributed by atoms with Crippen molar-refractivity contribution in [1.29, 1.82) is 0 Å². The molecule has 10 heteroatoms. The second-order valence-corrected chi connectivity index (χ2v) is 12.4. The summed E-state index contributed by atoms with van der Waals surface area (Å²) in [5, 5.41) is 35.0. The Balaban J connectivity index is 2.11. The van der Waals surface area contributed by atoms with Crippen molar-refractivity contribution >= 4 is 17.7 Å². The van der Waals surface area contributed by atoms with Crippen LogP contribution in [-0.2, 0) is 27.2 Å². The zero-order chi connectivity index (χ0) is 31.3. The van der Waals surface area contributed by atoms with Crippen LogP contribution in [0.25, 0.3) is 0 Å². The molecule has 0 radical (unpaired) electrons. The maximum absolute atomic E-state index is 13.2. The van der Waals surface area contributed by atoms with Crippen LogP contribution in [-0.4, -0.2) is 78.0 Å². The van der Waals surface area contributed by atoms with Crippen molar-refractivity contribution < 1.29 is 29.4 Å². The number of carbonyl (C=O) groups excluding carboxylic acids is 2. The van der Waals surface area contributed by atoms with E-state index in [0.717, 1.165) is 11.1 Å². The van der Waals surface area contributed by atoms with Crippen molar-refractivity contribution in [3.05, 3.63) is 71.8 Å². The fourth-order valence-electron chi connectivity index (χ4n) is 4.27. The molecule has 2 rings (SSSR count). The number of aliphatic hydroxyl groups excluding tert-OH is 2. The van der Waals surface area contributed by atoms with Crippen molar-refractivity contribution in [2.45, 2.75) is 84.3 Å². The Bertz CT molecular complexity index is 1130. The highest BCUT2D eigenvalue weighted by Gasteiger charge is 2.31. The fourth-order valence-corrected chi connectivity index (χ4v) is 4.27. The summed E-state index contributed by atoms with van der Waals surface area (Å²) < 4.78 is 5.40. The predicted octanol–water partition coefficient (Wildman–Crippen LogP) is 3.21. The molecule has 10 nitrogen and oxygen atoms in total. The van der Waals surface area contributed by atoms with Crippen molar-refractivity contribution in [2.75, 3.05) is 20.2 Å². The molecule has 232 valence electrons. The molecule has 0 saturated heterocycles. The molecule has 2 aromatic carbocycles. The van der Waals surface area contributed by atoms with Gasteiger partial charge in [-0.3, -0.25) is 4.79 Å². The first-order valence-corrected chi connectivity index (χ1v) is 14.3. The average molecular weight is 585 g/mol. The lowest BCUT2D eigenvalue weighted by atomic mass is 9.89. The fraction of sp³-hybridized carbons (Fsp3) is 0.531. The third-order valence-corrected chi connectivity index (χ3v) is 6.36. The number of ether oxygens (including phenoxy) is 1. The van der Waals surface area contributed by atoms with E-state index in [-0.39, 0.29) is 18.8 Å². The van der Waals surface area contributed by atoms with Crippen LogP contribution in [0.15, 0.2) is 65.8 Å². The summed E-state index contributed by atoms with van der Waals surface area (Å²) in [6, 6.07) is 17.8. The number of nitrogens with zero attached hydrogens (tertiary/aromatic N) is 1. The summed E-state index contributed by atoms with van der Waals surface area (Å²) in [4.78, 5) is 30.6. The minimum absolute atomic E-state index is 0.0750. The normalized spacial score (nSPS) is 15.2. The number of hydrogen-bond acceptors (Lipinski definition) is 8. The topological polar surface area (TPSA) is 142 Å². The van der Waals surface area contributed by atoms with Crippen LogP contribution < -0.4 is 16.0 Å². The van der Waals surface area contributed by atoms with Gasteiger partial charge in [0.05, 0.1) is 24.3 Å². The highest BCUT2D eigenvalue weighted by Crippen LogP contribution is 2.17. The van der Waals surface area contributed by atoms with Gasteiger partial charge in [-0.25, -0.2) is 4.79 Å². The first kappa shape index (κ1) is 34.7. The lowest BCUT2D eigenvalue weighted by Crippen LogP contribution is -2.54. The van der Waals surface area contributed by atoms with Crippen molar-refractivity contribution in [2.24, 2.45) is 10.6 Å². The number of aliphatic hydroxyl groups is 2. The van der Waals surface area contributed by atoms with E-state index in [2.05, 4.69) is 21.1 Å².